The SMILES string of the molecule is C[C@@H]1C[C@H](NC[C@@H](c2ccco2)N2CCCC2)CN1C1CC1. The van der Waals surface area contributed by atoms with Gasteiger partial charge in [-0.3, -0.25) is 9.80 Å². The number of likely N-dealkylation sites (tertiary alicyclic amines) is 2. The number of hydrogen-bond acceptors (Lipinski definition) is 4. The summed E-state index contributed by atoms with van der Waals surface area (Å²) in [5.41, 5.74) is 0. The molecule has 0 spiro atoms. The zero-order valence-electron chi connectivity index (χ0n) is 13.7. The van der Waals surface area contributed by atoms with Crippen molar-refractivity contribution in [2.24, 2.45) is 0 Å². The second-order valence-electron chi connectivity index (χ2n) is 7.39. The minimum absolute atomic E-state index is 0.405. The number of rotatable bonds is 6. The smallest absolute Gasteiger partial charge is 0.122 e. The number of nitrogens with one attached hydrogen (secondary N) is 1. The third-order valence-corrected chi connectivity index (χ3v) is 5.69. The van der Waals surface area contributed by atoms with E-state index in [0.717, 1.165) is 24.4 Å². The summed E-state index contributed by atoms with van der Waals surface area (Å²) < 4.78 is 5.72. The summed E-state index contributed by atoms with van der Waals surface area (Å²) in [6.07, 6.45) is 8.59. The van der Waals surface area contributed by atoms with Gasteiger partial charge in [0, 0.05) is 31.2 Å². The summed E-state index contributed by atoms with van der Waals surface area (Å²) in [5.74, 6) is 1.12. The molecule has 2 saturated heterocycles. The maximum atomic E-state index is 5.72. The van der Waals surface area contributed by atoms with Crippen LogP contribution in [-0.2, 0) is 0 Å². The molecule has 0 amide bonds. The van der Waals surface area contributed by atoms with Crippen molar-refractivity contribution in [2.45, 2.75) is 63.2 Å². The molecular formula is C18H29N3O. The summed E-state index contributed by atoms with van der Waals surface area (Å²) >= 11 is 0. The van der Waals surface area contributed by atoms with E-state index < -0.39 is 0 Å². The number of hydrogen-bond donors (Lipinski definition) is 1. The van der Waals surface area contributed by atoms with Crippen molar-refractivity contribution < 1.29 is 4.42 Å². The van der Waals surface area contributed by atoms with E-state index in [1.165, 1.54) is 51.7 Å². The molecule has 0 radical (unpaired) electrons. The molecule has 1 aromatic rings. The molecule has 1 aliphatic carbocycles. The fraction of sp³-hybridized carbons (Fsp3) is 0.778. The molecule has 0 bridgehead atoms. The topological polar surface area (TPSA) is 31.7 Å². The Morgan fingerprint density at radius 1 is 1.32 bits per heavy atom. The summed E-state index contributed by atoms with van der Waals surface area (Å²) in [6.45, 7) is 7.06. The van der Waals surface area contributed by atoms with Gasteiger partial charge in [-0.1, -0.05) is 0 Å². The first-order valence-corrected chi connectivity index (χ1v) is 9.08. The van der Waals surface area contributed by atoms with E-state index in [4.69, 9.17) is 4.42 Å². The lowest BCUT2D eigenvalue weighted by atomic mass is 10.1. The van der Waals surface area contributed by atoms with Gasteiger partial charge < -0.3 is 9.73 Å². The Morgan fingerprint density at radius 2 is 2.14 bits per heavy atom. The van der Waals surface area contributed by atoms with Crippen LogP contribution in [0.3, 0.4) is 0 Å². The van der Waals surface area contributed by atoms with Crippen LogP contribution in [0.4, 0.5) is 0 Å². The normalized spacial score (nSPS) is 31.9. The van der Waals surface area contributed by atoms with Gasteiger partial charge >= 0.3 is 0 Å². The molecular weight excluding hydrogens is 274 g/mol. The van der Waals surface area contributed by atoms with Crippen LogP contribution < -0.4 is 5.32 Å². The zero-order chi connectivity index (χ0) is 14.9. The molecule has 4 rings (SSSR count). The van der Waals surface area contributed by atoms with E-state index in [1.54, 1.807) is 0 Å². The molecule has 1 saturated carbocycles. The molecule has 0 aromatic carbocycles. The van der Waals surface area contributed by atoms with E-state index >= 15 is 0 Å². The van der Waals surface area contributed by atoms with Gasteiger partial charge in [0.1, 0.15) is 5.76 Å². The Kier molecular flexibility index (Phi) is 4.25. The Hall–Kier alpha value is -0.840. The Bertz CT molecular complexity index is 465. The molecule has 0 unspecified atom stereocenters. The van der Waals surface area contributed by atoms with Crippen molar-refractivity contribution in [3.05, 3.63) is 24.2 Å². The average Bonchev–Trinajstić information content (AvgIpc) is 2.98. The van der Waals surface area contributed by atoms with E-state index in [9.17, 15) is 0 Å². The highest BCUT2D eigenvalue weighted by atomic mass is 16.3. The molecule has 22 heavy (non-hydrogen) atoms. The van der Waals surface area contributed by atoms with Crippen molar-refractivity contribution >= 4 is 0 Å². The van der Waals surface area contributed by atoms with Crippen LogP contribution in [0.1, 0.15) is 50.8 Å². The van der Waals surface area contributed by atoms with Crippen LogP contribution in [0.25, 0.3) is 0 Å². The molecule has 4 nitrogen and oxygen atoms in total. The van der Waals surface area contributed by atoms with Gasteiger partial charge in [0.15, 0.2) is 0 Å². The Morgan fingerprint density at radius 3 is 2.82 bits per heavy atom. The molecule has 3 fully saturated rings. The summed E-state index contributed by atoms with van der Waals surface area (Å²) in [6, 6.07) is 6.85. The third kappa shape index (κ3) is 3.10. The van der Waals surface area contributed by atoms with Gasteiger partial charge in [0.2, 0.25) is 0 Å². The molecule has 3 heterocycles. The van der Waals surface area contributed by atoms with E-state index in [-0.39, 0.29) is 0 Å². The first-order valence-electron chi connectivity index (χ1n) is 9.08. The van der Waals surface area contributed by atoms with Crippen molar-refractivity contribution in [2.75, 3.05) is 26.2 Å². The second kappa shape index (κ2) is 6.34. The average molecular weight is 303 g/mol. The predicted molar refractivity (Wildman–Crippen MR) is 87.9 cm³/mol. The van der Waals surface area contributed by atoms with Gasteiger partial charge in [0.05, 0.1) is 12.3 Å². The molecule has 2 aliphatic heterocycles. The van der Waals surface area contributed by atoms with Gasteiger partial charge in [-0.25, -0.2) is 0 Å². The Balaban J connectivity index is 1.35. The van der Waals surface area contributed by atoms with E-state index in [0.29, 0.717) is 12.1 Å². The number of furan rings is 1. The van der Waals surface area contributed by atoms with Crippen molar-refractivity contribution in [3.63, 3.8) is 0 Å². The van der Waals surface area contributed by atoms with Crippen LogP contribution in [0.2, 0.25) is 0 Å². The lowest BCUT2D eigenvalue weighted by Gasteiger charge is -2.27. The highest BCUT2D eigenvalue weighted by molar-refractivity contribution is 5.07. The fourth-order valence-electron chi connectivity index (χ4n) is 4.34. The molecule has 4 heteroatoms. The maximum absolute atomic E-state index is 5.72. The first kappa shape index (κ1) is 14.7. The molecule has 3 atom stereocenters. The van der Waals surface area contributed by atoms with Crippen LogP contribution in [0, 0.1) is 0 Å². The van der Waals surface area contributed by atoms with Crippen LogP contribution in [0.5, 0.6) is 0 Å². The minimum Gasteiger partial charge on any atom is -0.468 e. The monoisotopic (exact) mass is 303 g/mol. The van der Waals surface area contributed by atoms with Crippen LogP contribution in [-0.4, -0.2) is 54.1 Å². The van der Waals surface area contributed by atoms with E-state index in [2.05, 4.69) is 28.1 Å². The largest absolute Gasteiger partial charge is 0.468 e. The van der Waals surface area contributed by atoms with Crippen LogP contribution >= 0.6 is 0 Å². The van der Waals surface area contributed by atoms with Crippen LogP contribution in [0.15, 0.2) is 22.8 Å². The number of nitrogens with zero attached hydrogens (tertiary/aromatic N) is 2. The zero-order valence-corrected chi connectivity index (χ0v) is 13.7. The van der Waals surface area contributed by atoms with Gasteiger partial charge in [-0.2, -0.15) is 0 Å². The highest BCUT2D eigenvalue weighted by Gasteiger charge is 2.39. The van der Waals surface area contributed by atoms with Crippen molar-refractivity contribution in [1.29, 1.82) is 0 Å². The van der Waals surface area contributed by atoms with E-state index in [1.807, 2.05) is 12.3 Å². The van der Waals surface area contributed by atoms with Gasteiger partial charge in [-0.05, 0) is 64.3 Å². The Labute approximate surface area is 133 Å². The quantitative estimate of drug-likeness (QED) is 0.875. The lowest BCUT2D eigenvalue weighted by Crippen LogP contribution is -2.40. The summed E-state index contributed by atoms with van der Waals surface area (Å²) in [5, 5.41) is 3.85. The molecule has 3 aliphatic rings. The molecule has 1 N–H and O–H groups in total. The second-order valence-corrected chi connectivity index (χ2v) is 7.39. The van der Waals surface area contributed by atoms with Crippen molar-refractivity contribution in [1.82, 2.24) is 15.1 Å². The minimum atomic E-state index is 0.405. The summed E-state index contributed by atoms with van der Waals surface area (Å²) in [4.78, 5) is 5.30. The fourth-order valence-corrected chi connectivity index (χ4v) is 4.34. The standard InChI is InChI=1S/C18H29N3O/c1-14-11-15(13-21(14)16-6-7-16)19-12-17(18-5-4-10-22-18)20-8-2-3-9-20/h4-5,10,14-17,19H,2-3,6-9,11-13H2,1H3/t14-,15+,17+/m1/s1. The first-order chi connectivity index (χ1) is 10.8. The summed E-state index contributed by atoms with van der Waals surface area (Å²) in [7, 11) is 0. The predicted octanol–water partition coefficient (Wildman–Crippen LogP) is 2.63. The lowest BCUT2D eigenvalue weighted by molar-refractivity contribution is 0.203. The highest BCUT2D eigenvalue weighted by Crippen LogP contribution is 2.33. The van der Waals surface area contributed by atoms with Gasteiger partial charge in [-0.15, -0.1) is 0 Å². The third-order valence-electron chi connectivity index (χ3n) is 5.69. The molecule has 1 aromatic heterocycles. The maximum Gasteiger partial charge on any atom is 0.122 e. The van der Waals surface area contributed by atoms with Gasteiger partial charge in [0.25, 0.3) is 0 Å². The van der Waals surface area contributed by atoms with Crippen molar-refractivity contribution in [3.8, 4) is 0 Å². The molecule has 122 valence electrons.